The monoisotopic (exact) mass is 528 g/mol. The molecule has 0 unspecified atom stereocenters. The Morgan fingerprint density at radius 1 is 1.16 bits per heavy atom. The molecule has 1 aliphatic carbocycles. The Kier molecular flexibility index (Phi) is 7.69. The number of hydrogen-bond acceptors (Lipinski definition) is 10. The van der Waals surface area contributed by atoms with Gasteiger partial charge in [0.15, 0.2) is 5.82 Å². The Balaban J connectivity index is 1.45. The minimum Gasteiger partial charge on any atom is -0.480 e. The number of carbonyl (C=O) groups is 1. The van der Waals surface area contributed by atoms with Crippen LogP contribution in [0.4, 0.5) is 5.82 Å². The number of hydrogen-bond donors (Lipinski definition) is 1. The Bertz CT molecular complexity index is 1460. The minimum absolute atomic E-state index is 0.304. The standard InChI is InChI=1S/C28H28N6O3S/c1-4-37-22(35)12-11-21-14-30-27(23-24(19-9-10-19)31-15-32-28(23)36-3)34-26(21)29-13-18-5-7-20(8-6-18)25-17(2)33-16-38-25/h5-8,11-12,14-16,19H,4,9-10,13H2,1-3H3,(H,29,30,34)/b12-11+. The van der Waals surface area contributed by atoms with Crippen molar-refractivity contribution >= 4 is 29.2 Å². The van der Waals surface area contributed by atoms with Crippen LogP contribution in [0.3, 0.4) is 0 Å². The average Bonchev–Trinajstić information content (AvgIpc) is 3.71. The van der Waals surface area contributed by atoms with E-state index in [1.165, 1.54) is 17.3 Å². The predicted octanol–water partition coefficient (Wildman–Crippen LogP) is 5.44. The summed E-state index contributed by atoms with van der Waals surface area (Å²) in [5.74, 6) is 1.41. The number of nitrogens with one attached hydrogen (secondary N) is 1. The molecule has 3 heterocycles. The summed E-state index contributed by atoms with van der Waals surface area (Å²) in [6.07, 6.45) is 8.36. The van der Waals surface area contributed by atoms with Gasteiger partial charge in [-0.15, -0.1) is 11.3 Å². The smallest absolute Gasteiger partial charge is 0.330 e. The van der Waals surface area contributed by atoms with Crippen molar-refractivity contribution in [2.24, 2.45) is 0 Å². The van der Waals surface area contributed by atoms with Crippen molar-refractivity contribution < 1.29 is 14.3 Å². The molecule has 38 heavy (non-hydrogen) atoms. The lowest BCUT2D eigenvalue weighted by molar-refractivity contribution is -0.137. The molecule has 0 aliphatic heterocycles. The highest BCUT2D eigenvalue weighted by atomic mass is 32.1. The Morgan fingerprint density at radius 2 is 1.97 bits per heavy atom. The van der Waals surface area contributed by atoms with E-state index in [-0.39, 0.29) is 0 Å². The van der Waals surface area contributed by atoms with E-state index in [1.54, 1.807) is 37.6 Å². The van der Waals surface area contributed by atoms with E-state index >= 15 is 0 Å². The molecule has 1 fully saturated rings. The van der Waals surface area contributed by atoms with Crippen LogP contribution in [0.1, 0.15) is 48.2 Å². The first-order valence-electron chi connectivity index (χ1n) is 12.4. The number of nitrogens with zero attached hydrogens (tertiary/aromatic N) is 5. The lowest BCUT2D eigenvalue weighted by Crippen LogP contribution is -2.07. The molecule has 5 rings (SSSR count). The van der Waals surface area contributed by atoms with Crippen LogP contribution in [0.2, 0.25) is 0 Å². The summed E-state index contributed by atoms with van der Waals surface area (Å²) in [6.45, 7) is 4.61. The van der Waals surface area contributed by atoms with Crippen molar-refractivity contribution in [2.75, 3.05) is 19.0 Å². The number of rotatable bonds is 10. The molecule has 194 valence electrons. The number of anilines is 1. The highest BCUT2D eigenvalue weighted by Crippen LogP contribution is 2.45. The highest BCUT2D eigenvalue weighted by Gasteiger charge is 2.31. The molecule has 10 heteroatoms. The maximum absolute atomic E-state index is 12.0. The number of aryl methyl sites for hydroxylation is 1. The van der Waals surface area contributed by atoms with E-state index in [1.807, 2.05) is 12.4 Å². The summed E-state index contributed by atoms with van der Waals surface area (Å²) in [7, 11) is 1.58. The van der Waals surface area contributed by atoms with Crippen LogP contribution >= 0.6 is 11.3 Å². The lowest BCUT2D eigenvalue weighted by Gasteiger charge is -2.14. The predicted molar refractivity (Wildman–Crippen MR) is 147 cm³/mol. The van der Waals surface area contributed by atoms with E-state index in [0.29, 0.717) is 47.7 Å². The molecule has 0 atom stereocenters. The van der Waals surface area contributed by atoms with Gasteiger partial charge in [-0.2, -0.15) is 0 Å². The molecular formula is C28H28N6O3S. The molecule has 4 aromatic rings. The first kappa shape index (κ1) is 25.5. The van der Waals surface area contributed by atoms with Gasteiger partial charge >= 0.3 is 5.97 Å². The van der Waals surface area contributed by atoms with E-state index in [0.717, 1.165) is 35.4 Å². The van der Waals surface area contributed by atoms with Crippen LogP contribution in [-0.4, -0.2) is 44.6 Å². The fourth-order valence-electron chi connectivity index (χ4n) is 4.08. The van der Waals surface area contributed by atoms with E-state index in [9.17, 15) is 4.79 Å². The SMILES string of the molecule is CCOC(=O)/C=C/c1cnc(-c2c(OC)ncnc2C2CC2)nc1NCc1ccc(-c2scnc2C)cc1. The zero-order chi connectivity index (χ0) is 26.5. The topological polar surface area (TPSA) is 112 Å². The van der Waals surface area contributed by atoms with Crippen LogP contribution in [-0.2, 0) is 16.1 Å². The molecule has 1 N–H and O–H groups in total. The van der Waals surface area contributed by atoms with Crippen LogP contribution in [0.25, 0.3) is 27.9 Å². The number of thiazole rings is 1. The molecular weight excluding hydrogens is 500 g/mol. The fraction of sp³-hybridized carbons (Fsp3) is 0.286. The van der Waals surface area contributed by atoms with E-state index in [4.69, 9.17) is 14.5 Å². The Labute approximate surface area is 225 Å². The first-order chi connectivity index (χ1) is 18.6. The molecule has 0 radical (unpaired) electrons. The third-order valence-electron chi connectivity index (χ3n) is 6.15. The molecule has 1 saturated carbocycles. The summed E-state index contributed by atoms with van der Waals surface area (Å²) in [4.78, 5) is 35.7. The zero-order valence-corrected chi connectivity index (χ0v) is 22.3. The maximum Gasteiger partial charge on any atom is 0.330 e. The summed E-state index contributed by atoms with van der Waals surface area (Å²) in [5.41, 5.74) is 7.35. The normalized spacial score (nSPS) is 13.0. The van der Waals surface area contributed by atoms with Gasteiger partial charge in [0.25, 0.3) is 0 Å². The van der Waals surface area contributed by atoms with Gasteiger partial charge in [-0.05, 0) is 43.9 Å². The number of esters is 1. The number of benzene rings is 1. The molecule has 0 amide bonds. The maximum atomic E-state index is 12.0. The third kappa shape index (κ3) is 5.70. The second kappa shape index (κ2) is 11.5. The average molecular weight is 529 g/mol. The summed E-state index contributed by atoms with van der Waals surface area (Å²) in [6, 6.07) is 8.35. The van der Waals surface area contributed by atoms with Crippen molar-refractivity contribution in [2.45, 2.75) is 39.2 Å². The van der Waals surface area contributed by atoms with Gasteiger partial charge in [0, 0.05) is 30.3 Å². The summed E-state index contributed by atoms with van der Waals surface area (Å²) >= 11 is 1.63. The second-order valence-electron chi connectivity index (χ2n) is 8.82. The van der Waals surface area contributed by atoms with Crippen molar-refractivity contribution in [3.63, 3.8) is 0 Å². The zero-order valence-electron chi connectivity index (χ0n) is 21.5. The molecule has 1 aromatic carbocycles. The van der Waals surface area contributed by atoms with Gasteiger partial charge in [-0.3, -0.25) is 0 Å². The van der Waals surface area contributed by atoms with E-state index in [2.05, 4.69) is 49.5 Å². The van der Waals surface area contributed by atoms with Gasteiger partial charge in [0.1, 0.15) is 17.7 Å². The van der Waals surface area contributed by atoms with Crippen molar-refractivity contribution in [1.82, 2.24) is 24.9 Å². The van der Waals surface area contributed by atoms with Gasteiger partial charge in [-0.1, -0.05) is 24.3 Å². The molecule has 1 aliphatic rings. The number of ether oxygens (including phenoxy) is 2. The van der Waals surface area contributed by atoms with Crippen molar-refractivity contribution in [3.05, 3.63) is 70.9 Å². The molecule has 0 spiro atoms. The number of carbonyl (C=O) groups excluding carboxylic acids is 1. The van der Waals surface area contributed by atoms with Crippen LogP contribution < -0.4 is 10.1 Å². The van der Waals surface area contributed by atoms with Crippen LogP contribution in [0.15, 0.2) is 48.4 Å². The van der Waals surface area contributed by atoms with Gasteiger partial charge in [0.05, 0.1) is 35.5 Å². The largest absolute Gasteiger partial charge is 0.480 e. The quantitative estimate of drug-likeness (QED) is 0.212. The molecule has 9 nitrogen and oxygen atoms in total. The van der Waals surface area contributed by atoms with Crippen LogP contribution in [0.5, 0.6) is 5.88 Å². The summed E-state index contributed by atoms with van der Waals surface area (Å²) in [5, 5.41) is 3.42. The fourth-order valence-corrected chi connectivity index (χ4v) is 4.89. The molecule has 0 saturated heterocycles. The van der Waals surface area contributed by atoms with Crippen LogP contribution in [0, 0.1) is 6.92 Å². The molecule has 0 bridgehead atoms. The highest BCUT2D eigenvalue weighted by molar-refractivity contribution is 7.13. The lowest BCUT2D eigenvalue weighted by atomic mass is 10.1. The van der Waals surface area contributed by atoms with Crippen molar-refractivity contribution in [1.29, 1.82) is 0 Å². The van der Waals surface area contributed by atoms with Crippen molar-refractivity contribution in [3.8, 4) is 27.7 Å². The van der Waals surface area contributed by atoms with Gasteiger partial charge in [-0.25, -0.2) is 29.7 Å². The Hall–Kier alpha value is -4.18. The first-order valence-corrected chi connectivity index (χ1v) is 13.3. The van der Waals surface area contributed by atoms with Gasteiger partial charge in [0.2, 0.25) is 5.88 Å². The second-order valence-corrected chi connectivity index (χ2v) is 9.67. The third-order valence-corrected chi connectivity index (χ3v) is 7.12. The van der Waals surface area contributed by atoms with E-state index < -0.39 is 5.97 Å². The van der Waals surface area contributed by atoms with Gasteiger partial charge < -0.3 is 14.8 Å². The molecule has 3 aromatic heterocycles. The Morgan fingerprint density at radius 3 is 2.66 bits per heavy atom. The number of aromatic nitrogens is 5. The minimum atomic E-state index is -0.425. The summed E-state index contributed by atoms with van der Waals surface area (Å²) < 4.78 is 10.6. The number of methoxy groups -OCH3 is 1.